The molecule has 15 heavy (non-hydrogen) atoms. The van der Waals surface area contributed by atoms with Crippen molar-refractivity contribution in [1.29, 1.82) is 0 Å². The second kappa shape index (κ2) is 4.78. The van der Waals surface area contributed by atoms with Gasteiger partial charge in [0, 0.05) is 11.7 Å². The highest BCUT2D eigenvalue weighted by molar-refractivity contribution is 6.01. The van der Waals surface area contributed by atoms with Crippen molar-refractivity contribution in [1.82, 2.24) is 0 Å². The Balaban J connectivity index is 3.04. The monoisotopic (exact) mass is 203 g/mol. The summed E-state index contributed by atoms with van der Waals surface area (Å²) in [5, 5.41) is 0. The maximum absolute atomic E-state index is 11.6. The summed E-state index contributed by atoms with van der Waals surface area (Å²) in [4.78, 5) is 13.4. The molecule has 0 radical (unpaired) electrons. The van der Waals surface area contributed by atoms with Crippen LogP contribution in [0.1, 0.15) is 19.4 Å². The van der Waals surface area contributed by atoms with Crippen LogP contribution in [0.5, 0.6) is 0 Å². The lowest BCUT2D eigenvalue weighted by atomic mass is 10.2. The van der Waals surface area contributed by atoms with Crippen LogP contribution in [-0.2, 0) is 4.79 Å². The summed E-state index contributed by atoms with van der Waals surface area (Å²) in [7, 11) is 0. The van der Waals surface area contributed by atoms with Crippen LogP contribution >= 0.6 is 0 Å². The van der Waals surface area contributed by atoms with Crippen molar-refractivity contribution in [2.75, 3.05) is 4.90 Å². The number of rotatable bonds is 3. The Hall–Kier alpha value is -1.57. The summed E-state index contributed by atoms with van der Waals surface area (Å²) in [6.45, 7) is 9.52. The van der Waals surface area contributed by atoms with E-state index in [1.807, 2.05) is 45.0 Å². The molecule has 0 saturated heterocycles. The molecular weight excluding hydrogens is 186 g/mol. The normalized spacial score (nSPS) is 10.1. The fourth-order valence-corrected chi connectivity index (χ4v) is 1.48. The Morgan fingerprint density at radius 1 is 1.33 bits per heavy atom. The second-order valence-corrected chi connectivity index (χ2v) is 3.84. The van der Waals surface area contributed by atoms with Crippen molar-refractivity contribution in [3.8, 4) is 0 Å². The highest BCUT2D eigenvalue weighted by atomic mass is 16.2. The number of anilines is 1. The largest absolute Gasteiger partial charge is 0.306 e. The van der Waals surface area contributed by atoms with Gasteiger partial charge in [0.1, 0.15) is 0 Å². The second-order valence-electron chi connectivity index (χ2n) is 3.84. The van der Waals surface area contributed by atoms with Gasteiger partial charge in [-0.05, 0) is 39.0 Å². The molecule has 0 saturated carbocycles. The van der Waals surface area contributed by atoms with Gasteiger partial charge in [0.15, 0.2) is 0 Å². The molecule has 1 amide bonds. The summed E-state index contributed by atoms with van der Waals surface area (Å²) in [6.07, 6.45) is 1.35. The number of amides is 1. The van der Waals surface area contributed by atoms with Crippen LogP contribution in [0.2, 0.25) is 0 Å². The fraction of sp³-hybridized carbons (Fsp3) is 0.308. The number of hydrogen-bond donors (Lipinski definition) is 0. The third kappa shape index (κ3) is 2.69. The Labute approximate surface area is 91.2 Å². The first-order valence-electron chi connectivity index (χ1n) is 5.08. The first-order valence-corrected chi connectivity index (χ1v) is 5.08. The maximum atomic E-state index is 11.6. The predicted molar refractivity (Wildman–Crippen MR) is 64.0 cm³/mol. The molecule has 0 atom stereocenters. The van der Waals surface area contributed by atoms with Gasteiger partial charge >= 0.3 is 0 Å². The molecule has 0 unspecified atom stereocenters. The Bertz CT molecular complexity index is 351. The van der Waals surface area contributed by atoms with Crippen LogP contribution in [0.3, 0.4) is 0 Å². The topological polar surface area (TPSA) is 20.3 Å². The predicted octanol–water partition coefficient (Wildman–Crippen LogP) is 2.92. The molecule has 1 aromatic rings. The summed E-state index contributed by atoms with van der Waals surface area (Å²) in [6, 6.07) is 8.05. The Morgan fingerprint density at radius 3 is 2.27 bits per heavy atom. The lowest BCUT2D eigenvalue weighted by Crippen LogP contribution is -2.35. The number of nitrogens with zero attached hydrogens (tertiary/aromatic N) is 1. The molecule has 1 aromatic carbocycles. The Kier molecular flexibility index (Phi) is 3.67. The van der Waals surface area contributed by atoms with E-state index in [1.165, 1.54) is 11.6 Å². The molecule has 80 valence electrons. The van der Waals surface area contributed by atoms with Gasteiger partial charge in [-0.2, -0.15) is 0 Å². The van der Waals surface area contributed by atoms with E-state index in [-0.39, 0.29) is 11.9 Å². The minimum absolute atomic E-state index is 0.0612. The van der Waals surface area contributed by atoms with Gasteiger partial charge in [-0.3, -0.25) is 4.79 Å². The van der Waals surface area contributed by atoms with E-state index in [9.17, 15) is 4.79 Å². The van der Waals surface area contributed by atoms with Crippen molar-refractivity contribution in [3.63, 3.8) is 0 Å². The molecule has 0 spiro atoms. The highest BCUT2D eigenvalue weighted by Gasteiger charge is 2.15. The van der Waals surface area contributed by atoms with E-state index in [4.69, 9.17) is 0 Å². The average molecular weight is 203 g/mol. The fourth-order valence-electron chi connectivity index (χ4n) is 1.48. The molecule has 0 aliphatic rings. The van der Waals surface area contributed by atoms with Crippen molar-refractivity contribution >= 4 is 11.6 Å². The van der Waals surface area contributed by atoms with Crippen molar-refractivity contribution < 1.29 is 4.79 Å². The molecule has 0 aliphatic carbocycles. The summed E-state index contributed by atoms with van der Waals surface area (Å²) in [5.41, 5.74) is 2.11. The first kappa shape index (κ1) is 11.5. The maximum Gasteiger partial charge on any atom is 0.250 e. The van der Waals surface area contributed by atoms with Gasteiger partial charge in [0.25, 0.3) is 5.91 Å². The van der Waals surface area contributed by atoms with Crippen LogP contribution in [0, 0.1) is 6.92 Å². The number of carbonyl (C=O) groups excluding carboxylic acids is 1. The van der Waals surface area contributed by atoms with E-state index in [2.05, 4.69) is 6.58 Å². The quantitative estimate of drug-likeness (QED) is 0.692. The standard InChI is InChI=1S/C13H17NO/c1-5-13(15)14(10(2)3)12-8-6-11(4)7-9-12/h5-10H,1H2,2-4H3. The van der Waals surface area contributed by atoms with Gasteiger partial charge < -0.3 is 4.90 Å². The smallest absolute Gasteiger partial charge is 0.250 e. The molecular formula is C13H17NO. The van der Waals surface area contributed by atoms with E-state index < -0.39 is 0 Å². The van der Waals surface area contributed by atoms with Gasteiger partial charge in [-0.15, -0.1) is 0 Å². The van der Waals surface area contributed by atoms with E-state index in [0.717, 1.165) is 5.69 Å². The first-order chi connectivity index (χ1) is 7.06. The van der Waals surface area contributed by atoms with Crippen LogP contribution in [0.15, 0.2) is 36.9 Å². The lowest BCUT2D eigenvalue weighted by molar-refractivity contribution is -0.114. The molecule has 0 aromatic heterocycles. The van der Waals surface area contributed by atoms with E-state index >= 15 is 0 Å². The molecule has 0 heterocycles. The zero-order valence-corrected chi connectivity index (χ0v) is 9.53. The van der Waals surface area contributed by atoms with E-state index in [1.54, 1.807) is 4.90 Å². The highest BCUT2D eigenvalue weighted by Crippen LogP contribution is 2.18. The van der Waals surface area contributed by atoms with Crippen LogP contribution in [-0.4, -0.2) is 11.9 Å². The zero-order valence-electron chi connectivity index (χ0n) is 9.53. The minimum Gasteiger partial charge on any atom is -0.306 e. The number of aryl methyl sites for hydroxylation is 1. The van der Waals surface area contributed by atoms with Gasteiger partial charge in [-0.25, -0.2) is 0 Å². The third-order valence-corrected chi connectivity index (χ3v) is 2.24. The minimum atomic E-state index is -0.0612. The molecule has 1 rings (SSSR count). The number of benzene rings is 1. The molecule has 0 fully saturated rings. The van der Waals surface area contributed by atoms with Crippen molar-refractivity contribution in [2.45, 2.75) is 26.8 Å². The van der Waals surface area contributed by atoms with Gasteiger partial charge in [0.2, 0.25) is 0 Å². The summed E-state index contributed by atoms with van der Waals surface area (Å²) >= 11 is 0. The summed E-state index contributed by atoms with van der Waals surface area (Å²) in [5.74, 6) is -0.0612. The van der Waals surface area contributed by atoms with Crippen molar-refractivity contribution in [3.05, 3.63) is 42.5 Å². The van der Waals surface area contributed by atoms with Crippen LogP contribution < -0.4 is 4.90 Å². The van der Waals surface area contributed by atoms with Crippen molar-refractivity contribution in [2.24, 2.45) is 0 Å². The van der Waals surface area contributed by atoms with Crippen LogP contribution in [0.4, 0.5) is 5.69 Å². The summed E-state index contributed by atoms with van der Waals surface area (Å²) < 4.78 is 0. The van der Waals surface area contributed by atoms with Gasteiger partial charge in [-0.1, -0.05) is 24.3 Å². The Morgan fingerprint density at radius 2 is 1.87 bits per heavy atom. The van der Waals surface area contributed by atoms with E-state index in [0.29, 0.717) is 0 Å². The third-order valence-electron chi connectivity index (χ3n) is 2.24. The zero-order chi connectivity index (χ0) is 11.4. The molecule has 0 aliphatic heterocycles. The SMILES string of the molecule is C=CC(=O)N(c1ccc(C)cc1)C(C)C. The average Bonchev–Trinajstić information content (AvgIpc) is 2.20. The van der Waals surface area contributed by atoms with Crippen LogP contribution in [0.25, 0.3) is 0 Å². The lowest BCUT2D eigenvalue weighted by Gasteiger charge is -2.25. The molecule has 2 heteroatoms. The number of carbonyl (C=O) groups is 1. The molecule has 0 N–H and O–H groups in total. The number of hydrogen-bond acceptors (Lipinski definition) is 1. The molecule has 0 bridgehead atoms. The van der Waals surface area contributed by atoms with Gasteiger partial charge in [0.05, 0.1) is 0 Å². The molecule has 2 nitrogen and oxygen atoms in total.